The van der Waals surface area contributed by atoms with Gasteiger partial charge in [0.15, 0.2) is 0 Å². The normalized spacial score (nSPS) is 13.6. The first kappa shape index (κ1) is 28.8. The maximum Gasteiger partial charge on any atom is 0.322 e. The molecule has 0 radical (unpaired) electrons. The zero-order valence-electron chi connectivity index (χ0n) is 24.9. The summed E-state index contributed by atoms with van der Waals surface area (Å²) in [6, 6.07) is 22.5. The van der Waals surface area contributed by atoms with Crippen LogP contribution >= 0.6 is 0 Å². The van der Waals surface area contributed by atoms with E-state index in [-0.39, 0.29) is 18.5 Å². The number of urea groups is 1. The van der Waals surface area contributed by atoms with E-state index in [0.29, 0.717) is 18.0 Å². The van der Waals surface area contributed by atoms with Crippen molar-refractivity contribution < 1.29 is 19.1 Å². The molecule has 0 bridgehead atoms. The van der Waals surface area contributed by atoms with Crippen LogP contribution in [0.4, 0.5) is 16.2 Å². The Morgan fingerprint density at radius 1 is 0.929 bits per heavy atom. The Kier molecular flexibility index (Phi) is 8.52. The third-order valence-corrected chi connectivity index (χ3v) is 7.74. The standard InChI is InChI=1S/C34H38N4O4/c1-6-7-18-36(34(40)35-27-16-14-23(2)20-24(27)3)22-32(39)38-29-12-9-8-11-28(29)37-19-10-13-30(37)33(38)26-21-25(41-4)15-17-31(26)42-5/h8-17,19-21,33H,6-7,18,22H2,1-5H3,(H,35,40). The number of benzene rings is 3. The fourth-order valence-corrected chi connectivity index (χ4v) is 5.60. The predicted octanol–water partition coefficient (Wildman–Crippen LogP) is 6.88. The summed E-state index contributed by atoms with van der Waals surface area (Å²) in [6.45, 7) is 6.43. The van der Waals surface area contributed by atoms with Gasteiger partial charge in [0.05, 0.1) is 31.3 Å². The number of rotatable bonds is 9. The highest BCUT2D eigenvalue weighted by Crippen LogP contribution is 2.45. The van der Waals surface area contributed by atoms with Gasteiger partial charge >= 0.3 is 6.03 Å². The summed E-state index contributed by atoms with van der Waals surface area (Å²) < 4.78 is 13.5. The summed E-state index contributed by atoms with van der Waals surface area (Å²) >= 11 is 0. The molecule has 8 nitrogen and oxygen atoms in total. The number of unbranched alkanes of at least 4 members (excludes halogenated alkanes) is 1. The first-order valence-corrected chi connectivity index (χ1v) is 14.3. The van der Waals surface area contributed by atoms with E-state index < -0.39 is 6.04 Å². The van der Waals surface area contributed by atoms with Crippen LogP contribution in [-0.4, -0.2) is 48.7 Å². The minimum atomic E-state index is -0.511. The Morgan fingerprint density at radius 3 is 2.43 bits per heavy atom. The van der Waals surface area contributed by atoms with Crippen LogP contribution in [0.1, 0.15) is 48.2 Å². The monoisotopic (exact) mass is 566 g/mol. The highest BCUT2D eigenvalue weighted by atomic mass is 16.5. The summed E-state index contributed by atoms with van der Waals surface area (Å²) in [5.41, 5.74) is 6.18. The number of fused-ring (bicyclic) bond motifs is 3. The van der Waals surface area contributed by atoms with E-state index in [4.69, 9.17) is 9.47 Å². The van der Waals surface area contributed by atoms with Crippen LogP contribution in [0.15, 0.2) is 79.0 Å². The number of ether oxygens (including phenoxy) is 2. The van der Waals surface area contributed by atoms with Gasteiger partial charge in [-0.3, -0.25) is 9.69 Å². The number of nitrogens with zero attached hydrogens (tertiary/aromatic N) is 3. The minimum absolute atomic E-state index is 0.0887. The van der Waals surface area contributed by atoms with Gasteiger partial charge in [0, 0.05) is 24.0 Å². The van der Waals surface area contributed by atoms with Gasteiger partial charge in [0.25, 0.3) is 0 Å². The van der Waals surface area contributed by atoms with Crippen molar-refractivity contribution in [3.05, 3.63) is 101 Å². The van der Waals surface area contributed by atoms with Crippen molar-refractivity contribution in [1.82, 2.24) is 9.47 Å². The van der Waals surface area contributed by atoms with Crippen LogP contribution < -0.4 is 19.7 Å². The summed E-state index contributed by atoms with van der Waals surface area (Å²) in [5.74, 6) is 1.10. The van der Waals surface area contributed by atoms with Crippen LogP contribution in [0.3, 0.4) is 0 Å². The SMILES string of the molecule is CCCCN(CC(=O)N1c2ccccc2-n2cccc2C1c1cc(OC)ccc1OC)C(=O)Nc1ccc(C)cc1C. The molecule has 8 heteroatoms. The number of methoxy groups -OCH3 is 2. The number of hydrogen-bond donors (Lipinski definition) is 1. The maximum atomic E-state index is 14.5. The molecule has 3 aromatic carbocycles. The van der Waals surface area contributed by atoms with E-state index in [0.717, 1.165) is 52.3 Å². The van der Waals surface area contributed by atoms with Gasteiger partial charge in [0.1, 0.15) is 24.1 Å². The second-order valence-electron chi connectivity index (χ2n) is 10.6. The zero-order valence-corrected chi connectivity index (χ0v) is 24.9. The largest absolute Gasteiger partial charge is 0.497 e. The van der Waals surface area contributed by atoms with Crippen molar-refractivity contribution in [2.24, 2.45) is 0 Å². The van der Waals surface area contributed by atoms with E-state index in [1.54, 1.807) is 24.0 Å². The van der Waals surface area contributed by atoms with Gasteiger partial charge in [-0.25, -0.2) is 4.79 Å². The molecule has 1 aromatic heterocycles. The van der Waals surface area contributed by atoms with Crippen molar-refractivity contribution in [3.63, 3.8) is 0 Å². The molecular formula is C34H38N4O4. The van der Waals surface area contributed by atoms with Crippen molar-refractivity contribution in [2.75, 3.05) is 37.5 Å². The van der Waals surface area contributed by atoms with Crippen LogP contribution in [0.25, 0.3) is 5.69 Å². The molecule has 1 aliphatic rings. The molecule has 3 amide bonds. The number of nitrogens with one attached hydrogen (secondary N) is 1. The molecule has 1 aliphatic heterocycles. The second kappa shape index (κ2) is 12.4. The number of amides is 3. The molecule has 4 aromatic rings. The molecule has 0 fully saturated rings. The topological polar surface area (TPSA) is 76.0 Å². The zero-order chi connectivity index (χ0) is 29.8. The first-order valence-electron chi connectivity index (χ1n) is 14.3. The smallest absolute Gasteiger partial charge is 0.322 e. The number of carbonyl (C=O) groups excluding carboxylic acids is 2. The van der Waals surface area contributed by atoms with Gasteiger partial charge < -0.3 is 24.3 Å². The highest BCUT2D eigenvalue weighted by Gasteiger charge is 2.38. The molecule has 1 N–H and O–H groups in total. The fourth-order valence-electron chi connectivity index (χ4n) is 5.60. The van der Waals surface area contributed by atoms with Crippen molar-refractivity contribution in [2.45, 2.75) is 39.7 Å². The van der Waals surface area contributed by atoms with Crippen molar-refractivity contribution >= 4 is 23.3 Å². The van der Waals surface area contributed by atoms with Crippen molar-refractivity contribution in [3.8, 4) is 17.2 Å². The van der Waals surface area contributed by atoms with E-state index >= 15 is 0 Å². The Labute approximate surface area is 247 Å². The lowest BCUT2D eigenvalue weighted by Gasteiger charge is -2.40. The van der Waals surface area contributed by atoms with E-state index in [9.17, 15) is 9.59 Å². The average Bonchev–Trinajstić information content (AvgIpc) is 3.49. The lowest BCUT2D eigenvalue weighted by Crippen LogP contribution is -2.48. The van der Waals surface area contributed by atoms with Crippen molar-refractivity contribution in [1.29, 1.82) is 0 Å². The number of anilines is 2. The van der Waals surface area contributed by atoms with Crippen LogP contribution in [0.5, 0.6) is 11.5 Å². The molecule has 0 saturated carbocycles. The van der Waals surface area contributed by atoms with Crippen LogP contribution in [0, 0.1) is 13.8 Å². The van der Waals surface area contributed by atoms with Gasteiger partial charge in [-0.05, 0) is 74.4 Å². The Balaban J connectivity index is 1.55. The van der Waals surface area contributed by atoms with Gasteiger partial charge in [-0.15, -0.1) is 0 Å². The molecule has 42 heavy (non-hydrogen) atoms. The molecule has 1 atom stereocenters. The maximum absolute atomic E-state index is 14.5. The highest BCUT2D eigenvalue weighted by molar-refractivity contribution is 6.01. The molecule has 0 aliphatic carbocycles. The number of carbonyl (C=O) groups is 2. The molecule has 0 spiro atoms. The number of hydrogen-bond acceptors (Lipinski definition) is 4. The third-order valence-electron chi connectivity index (χ3n) is 7.74. The first-order chi connectivity index (χ1) is 20.4. The van der Waals surface area contributed by atoms with E-state index in [2.05, 4.69) is 16.8 Å². The molecule has 0 saturated heterocycles. The van der Waals surface area contributed by atoms with Gasteiger partial charge in [-0.2, -0.15) is 0 Å². The average molecular weight is 567 g/mol. The lowest BCUT2D eigenvalue weighted by atomic mass is 9.96. The molecule has 2 heterocycles. The van der Waals surface area contributed by atoms with E-state index in [1.807, 2.05) is 92.8 Å². The molecule has 218 valence electrons. The Morgan fingerprint density at radius 2 is 1.71 bits per heavy atom. The minimum Gasteiger partial charge on any atom is -0.497 e. The molecule has 1 unspecified atom stereocenters. The Bertz CT molecular complexity index is 1590. The van der Waals surface area contributed by atoms with Gasteiger partial charge in [-0.1, -0.05) is 43.2 Å². The number of aromatic nitrogens is 1. The summed E-state index contributed by atoms with van der Waals surface area (Å²) in [6.07, 6.45) is 3.67. The second-order valence-corrected chi connectivity index (χ2v) is 10.6. The Hall–Kier alpha value is -4.72. The molecule has 5 rings (SSSR count). The molecular weight excluding hydrogens is 528 g/mol. The van der Waals surface area contributed by atoms with Gasteiger partial charge in [0.2, 0.25) is 5.91 Å². The lowest BCUT2D eigenvalue weighted by molar-refractivity contribution is -0.119. The van der Waals surface area contributed by atoms with Crippen LogP contribution in [-0.2, 0) is 4.79 Å². The summed E-state index contributed by atoms with van der Waals surface area (Å²) in [4.78, 5) is 31.5. The summed E-state index contributed by atoms with van der Waals surface area (Å²) in [7, 11) is 3.24. The predicted molar refractivity (Wildman–Crippen MR) is 166 cm³/mol. The van der Waals surface area contributed by atoms with E-state index in [1.165, 1.54) is 0 Å². The number of para-hydroxylation sites is 2. The quantitative estimate of drug-likeness (QED) is 0.240. The fraction of sp³-hybridized carbons (Fsp3) is 0.294. The third kappa shape index (κ3) is 5.57. The summed E-state index contributed by atoms with van der Waals surface area (Å²) in [5, 5.41) is 3.04. The number of aryl methyl sites for hydroxylation is 2. The van der Waals surface area contributed by atoms with Crippen LogP contribution in [0.2, 0.25) is 0 Å².